The SMILES string of the molecule is CC(=O)c1cc(Cl)ccc1NC1=CC(=O)c2ncccc2C1=O. The Morgan fingerprint density at radius 2 is 2.00 bits per heavy atom. The quantitative estimate of drug-likeness (QED) is 0.876. The zero-order valence-electron chi connectivity index (χ0n) is 12.1. The van der Waals surface area contributed by atoms with Gasteiger partial charge in [-0.25, -0.2) is 0 Å². The smallest absolute Gasteiger partial charge is 0.211 e. The largest absolute Gasteiger partial charge is 0.352 e. The second kappa shape index (κ2) is 5.78. The summed E-state index contributed by atoms with van der Waals surface area (Å²) in [5.41, 5.74) is 1.23. The van der Waals surface area contributed by atoms with Crippen LogP contribution in [0.5, 0.6) is 0 Å². The lowest BCUT2D eigenvalue weighted by atomic mass is 9.96. The van der Waals surface area contributed by atoms with Crippen molar-refractivity contribution in [3.05, 3.63) is 70.1 Å². The Labute approximate surface area is 137 Å². The van der Waals surface area contributed by atoms with Crippen LogP contribution in [0.4, 0.5) is 5.69 Å². The number of nitrogens with zero attached hydrogens (tertiary/aromatic N) is 1. The van der Waals surface area contributed by atoms with Crippen LogP contribution in [0, 0.1) is 0 Å². The van der Waals surface area contributed by atoms with Crippen molar-refractivity contribution in [3.8, 4) is 0 Å². The third-order valence-corrected chi connectivity index (χ3v) is 3.67. The minimum absolute atomic E-state index is 0.0975. The molecule has 23 heavy (non-hydrogen) atoms. The van der Waals surface area contributed by atoms with Gasteiger partial charge in [0.15, 0.2) is 5.78 Å². The lowest BCUT2D eigenvalue weighted by molar-refractivity contribution is 0.0981. The molecule has 0 saturated heterocycles. The summed E-state index contributed by atoms with van der Waals surface area (Å²) in [6, 6.07) is 7.84. The molecule has 1 aromatic heterocycles. The highest BCUT2D eigenvalue weighted by Gasteiger charge is 2.27. The molecule has 0 radical (unpaired) electrons. The molecule has 0 fully saturated rings. The molecule has 1 aromatic carbocycles. The number of fused-ring (bicyclic) bond motifs is 1. The molecular weight excluding hydrogens is 316 g/mol. The molecule has 1 heterocycles. The summed E-state index contributed by atoms with van der Waals surface area (Å²) in [7, 11) is 0. The minimum atomic E-state index is -0.360. The van der Waals surface area contributed by atoms with Gasteiger partial charge in [-0.3, -0.25) is 19.4 Å². The average Bonchev–Trinajstić information content (AvgIpc) is 2.53. The highest BCUT2D eigenvalue weighted by atomic mass is 35.5. The Balaban J connectivity index is 2.01. The Morgan fingerprint density at radius 1 is 1.22 bits per heavy atom. The maximum atomic E-state index is 12.5. The summed E-state index contributed by atoms with van der Waals surface area (Å²) in [4.78, 5) is 40.2. The zero-order valence-corrected chi connectivity index (χ0v) is 12.8. The normalized spacial score (nSPS) is 13.4. The van der Waals surface area contributed by atoms with Crippen molar-refractivity contribution in [2.45, 2.75) is 6.92 Å². The fourth-order valence-corrected chi connectivity index (χ4v) is 2.52. The van der Waals surface area contributed by atoms with Gasteiger partial charge in [0.25, 0.3) is 0 Å². The third kappa shape index (κ3) is 2.78. The van der Waals surface area contributed by atoms with E-state index in [0.29, 0.717) is 16.3 Å². The molecule has 0 aliphatic heterocycles. The second-order valence-corrected chi connectivity index (χ2v) is 5.46. The van der Waals surface area contributed by atoms with E-state index in [4.69, 9.17) is 11.6 Å². The van der Waals surface area contributed by atoms with Gasteiger partial charge in [-0.05, 0) is 37.3 Å². The van der Waals surface area contributed by atoms with Gasteiger partial charge in [-0.15, -0.1) is 0 Å². The van der Waals surface area contributed by atoms with Gasteiger partial charge in [0.1, 0.15) is 5.69 Å². The Hall–Kier alpha value is -2.79. The van der Waals surface area contributed by atoms with E-state index in [1.165, 1.54) is 25.3 Å². The zero-order chi connectivity index (χ0) is 16.6. The number of ketones is 3. The number of benzene rings is 1. The average molecular weight is 327 g/mol. The number of Topliss-reactive ketones (excluding diaryl/α,β-unsaturated/α-hetero) is 2. The first-order chi connectivity index (χ1) is 11.0. The standard InChI is InChI=1S/C17H11ClN2O3/c1-9(21)12-7-10(18)4-5-13(12)20-14-8-15(22)16-11(17(14)23)3-2-6-19-16/h2-8,20H,1H3. The van der Waals surface area contributed by atoms with Gasteiger partial charge < -0.3 is 5.32 Å². The molecule has 0 bridgehead atoms. The molecule has 0 amide bonds. The molecule has 0 spiro atoms. The number of hydrogen-bond donors (Lipinski definition) is 1. The van der Waals surface area contributed by atoms with E-state index in [9.17, 15) is 14.4 Å². The van der Waals surface area contributed by atoms with Crippen LogP contribution in [-0.2, 0) is 0 Å². The van der Waals surface area contributed by atoms with Gasteiger partial charge in [-0.1, -0.05) is 11.6 Å². The lowest BCUT2D eigenvalue weighted by Gasteiger charge is -2.17. The van der Waals surface area contributed by atoms with Gasteiger partial charge in [-0.2, -0.15) is 0 Å². The predicted molar refractivity (Wildman–Crippen MR) is 86.1 cm³/mol. The van der Waals surface area contributed by atoms with Gasteiger partial charge >= 0.3 is 0 Å². The Bertz CT molecular complexity index is 887. The van der Waals surface area contributed by atoms with E-state index >= 15 is 0 Å². The Morgan fingerprint density at radius 3 is 2.74 bits per heavy atom. The molecular formula is C17H11ClN2O3. The molecule has 2 aromatic rings. The maximum absolute atomic E-state index is 12.5. The summed E-state index contributed by atoms with van der Waals surface area (Å²) in [5, 5.41) is 3.27. The molecule has 0 saturated carbocycles. The maximum Gasteiger partial charge on any atom is 0.211 e. The second-order valence-electron chi connectivity index (χ2n) is 5.02. The molecule has 1 aliphatic rings. The number of carbonyl (C=O) groups excluding carboxylic acids is 3. The van der Waals surface area contributed by atoms with E-state index in [1.54, 1.807) is 24.3 Å². The third-order valence-electron chi connectivity index (χ3n) is 3.44. The van der Waals surface area contributed by atoms with E-state index < -0.39 is 0 Å². The van der Waals surface area contributed by atoms with Crippen LogP contribution >= 0.6 is 11.6 Å². The summed E-state index contributed by atoms with van der Waals surface area (Å²) in [6.07, 6.45) is 2.65. The van der Waals surface area contributed by atoms with E-state index in [-0.39, 0.29) is 34.3 Å². The van der Waals surface area contributed by atoms with Crippen molar-refractivity contribution >= 4 is 34.6 Å². The highest BCUT2D eigenvalue weighted by Crippen LogP contribution is 2.25. The fourth-order valence-electron chi connectivity index (χ4n) is 2.35. The number of halogens is 1. The lowest BCUT2D eigenvalue weighted by Crippen LogP contribution is -2.23. The first-order valence-electron chi connectivity index (χ1n) is 6.80. The van der Waals surface area contributed by atoms with Crippen molar-refractivity contribution in [3.63, 3.8) is 0 Å². The molecule has 1 N–H and O–H groups in total. The molecule has 5 nitrogen and oxygen atoms in total. The highest BCUT2D eigenvalue weighted by molar-refractivity contribution is 6.31. The van der Waals surface area contributed by atoms with Crippen LogP contribution in [0.25, 0.3) is 0 Å². The van der Waals surface area contributed by atoms with Gasteiger partial charge in [0.2, 0.25) is 11.6 Å². The Kier molecular flexibility index (Phi) is 3.80. The van der Waals surface area contributed by atoms with Crippen molar-refractivity contribution in [2.75, 3.05) is 5.32 Å². The van der Waals surface area contributed by atoms with Crippen molar-refractivity contribution in [1.29, 1.82) is 0 Å². The number of nitrogens with one attached hydrogen (secondary N) is 1. The van der Waals surface area contributed by atoms with Crippen LogP contribution in [-0.4, -0.2) is 22.3 Å². The van der Waals surface area contributed by atoms with Crippen LogP contribution in [0.3, 0.4) is 0 Å². The summed E-state index contributed by atoms with van der Waals surface area (Å²) in [6.45, 7) is 1.40. The van der Waals surface area contributed by atoms with Gasteiger partial charge in [0, 0.05) is 28.5 Å². The number of carbonyl (C=O) groups is 3. The van der Waals surface area contributed by atoms with Gasteiger partial charge in [0.05, 0.1) is 11.3 Å². The molecule has 1 aliphatic carbocycles. The number of hydrogen-bond acceptors (Lipinski definition) is 5. The molecule has 0 unspecified atom stereocenters. The molecule has 0 atom stereocenters. The number of aromatic nitrogens is 1. The van der Waals surface area contributed by atoms with Crippen LogP contribution in [0.15, 0.2) is 48.3 Å². The first-order valence-corrected chi connectivity index (χ1v) is 7.18. The van der Waals surface area contributed by atoms with Crippen LogP contribution < -0.4 is 5.32 Å². The summed E-state index contributed by atoms with van der Waals surface area (Å²) in [5.74, 6) is -0.912. The minimum Gasteiger partial charge on any atom is -0.352 e. The predicted octanol–water partition coefficient (Wildman–Crippen LogP) is 3.31. The van der Waals surface area contributed by atoms with E-state index in [1.807, 2.05) is 0 Å². The number of pyridine rings is 1. The van der Waals surface area contributed by atoms with Crippen molar-refractivity contribution < 1.29 is 14.4 Å². The monoisotopic (exact) mass is 326 g/mol. The first kappa shape index (κ1) is 15.1. The molecule has 114 valence electrons. The number of rotatable bonds is 3. The van der Waals surface area contributed by atoms with Crippen molar-refractivity contribution in [1.82, 2.24) is 4.98 Å². The summed E-state index contributed by atoms with van der Waals surface area (Å²) >= 11 is 5.90. The van der Waals surface area contributed by atoms with Crippen LogP contribution in [0.1, 0.15) is 38.1 Å². The molecule has 6 heteroatoms. The van der Waals surface area contributed by atoms with E-state index in [0.717, 1.165) is 0 Å². The summed E-state index contributed by atoms with van der Waals surface area (Å²) < 4.78 is 0. The molecule has 3 rings (SSSR count). The van der Waals surface area contributed by atoms with E-state index in [2.05, 4.69) is 10.3 Å². The number of anilines is 1. The number of allylic oxidation sites excluding steroid dienone is 2. The van der Waals surface area contributed by atoms with Crippen LogP contribution in [0.2, 0.25) is 5.02 Å². The topological polar surface area (TPSA) is 76.1 Å². The van der Waals surface area contributed by atoms with Crippen molar-refractivity contribution in [2.24, 2.45) is 0 Å². The fraction of sp³-hybridized carbons (Fsp3) is 0.0588.